The third-order valence-electron chi connectivity index (χ3n) is 3.95. The SMILES string of the molecule is CCCNC1CCC(C)(C)CC1OC(C)COCC. The zero-order valence-corrected chi connectivity index (χ0v) is 13.5. The lowest BCUT2D eigenvalue weighted by atomic mass is 9.74. The first-order chi connectivity index (χ1) is 8.98. The molecule has 1 saturated carbocycles. The van der Waals surface area contributed by atoms with Crippen LogP contribution in [-0.2, 0) is 9.47 Å². The maximum Gasteiger partial charge on any atom is 0.0785 e. The number of rotatable bonds is 8. The van der Waals surface area contributed by atoms with Crippen LogP contribution in [0, 0.1) is 5.41 Å². The fraction of sp³-hybridized carbons (Fsp3) is 1.00. The van der Waals surface area contributed by atoms with Crippen LogP contribution >= 0.6 is 0 Å². The zero-order valence-electron chi connectivity index (χ0n) is 13.5. The van der Waals surface area contributed by atoms with Crippen molar-refractivity contribution in [1.82, 2.24) is 5.32 Å². The number of nitrogens with one attached hydrogen (secondary N) is 1. The van der Waals surface area contributed by atoms with Crippen LogP contribution in [0.25, 0.3) is 0 Å². The zero-order chi connectivity index (χ0) is 14.3. The van der Waals surface area contributed by atoms with Gasteiger partial charge in [-0.15, -0.1) is 0 Å². The van der Waals surface area contributed by atoms with Crippen LogP contribution < -0.4 is 5.32 Å². The summed E-state index contributed by atoms with van der Waals surface area (Å²) in [4.78, 5) is 0. The van der Waals surface area contributed by atoms with E-state index in [0.717, 1.165) is 19.6 Å². The maximum atomic E-state index is 6.25. The smallest absolute Gasteiger partial charge is 0.0785 e. The van der Waals surface area contributed by atoms with Crippen LogP contribution in [0.5, 0.6) is 0 Å². The Kier molecular flexibility index (Phi) is 7.33. The molecule has 1 aliphatic rings. The van der Waals surface area contributed by atoms with E-state index in [4.69, 9.17) is 9.47 Å². The van der Waals surface area contributed by atoms with Crippen molar-refractivity contribution >= 4 is 0 Å². The van der Waals surface area contributed by atoms with Crippen molar-refractivity contribution in [3.05, 3.63) is 0 Å². The second-order valence-corrected chi connectivity index (χ2v) is 6.61. The molecule has 1 fully saturated rings. The van der Waals surface area contributed by atoms with Gasteiger partial charge in [-0.2, -0.15) is 0 Å². The Bertz CT molecular complexity index is 243. The van der Waals surface area contributed by atoms with Crippen molar-refractivity contribution in [3.63, 3.8) is 0 Å². The van der Waals surface area contributed by atoms with Gasteiger partial charge in [0, 0.05) is 12.6 Å². The highest BCUT2D eigenvalue weighted by Gasteiger charge is 2.35. The predicted molar refractivity (Wildman–Crippen MR) is 80.5 cm³/mol. The van der Waals surface area contributed by atoms with E-state index in [9.17, 15) is 0 Å². The number of ether oxygens (including phenoxy) is 2. The highest BCUT2D eigenvalue weighted by molar-refractivity contribution is 4.90. The normalized spacial score (nSPS) is 28.3. The van der Waals surface area contributed by atoms with Gasteiger partial charge in [0.15, 0.2) is 0 Å². The molecule has 0 bridgehead atoms. The summed E-state index contributed by atoms with van der Waals surface area (Å²) in [6, 6.07) is 0.511. The first-order valence-electron chi connectivity index (χ1n) is 7.95. The van der Waals surface area contributed by atoms with Gasteiger partial charge in [0.25, 0.3) is 0 Å². The summed E-state index contributed by atoms with van der Waals surface area (Å²) in [5, 5.41) is 3.65. The molecule has 0 aliphatic heterocycles. The summed E-state index contributed by atoms with van der Waals surface area (Å²) in [5.41, 5.74) is 0.403. The molecule has 3 atom stereocenters. The molecule has 0 aromatic rings. The molecule has 0 aromatic heterocycles. The van der Waals surface area contributed by atoms with Crippen molar-refractivity contribution in [1.29, 1.82) is 0 Å². The van der Waals surface area contributed by atoms with E-state index in [0.29, 0.717) is 24.2 Å². The molecule has 19 heavy (non-hydrogen) atoms. The summed E-state index contributed by atoms with van der Waals surface area (Å²) >= 11 is 0. The Hall–Kier alpha value is -0.120. The van der Waals surface area contributed by atoms with Crippen LogP contribution in [0.15, 0.2) is 0 Å². The van der Waals surface area contributed by atoms with E-state index in [1.807, 2.05) is 6.92 Å². The fourth-order valence-electron chi connectivity index (χ4n) is 2.85. The van der Waals surface area contributed by atoms with Crippen molar-refractivity contribution in [3.8, 4) is 0 Å². The topological polar surface area (TPSA) is 30.5 Å². The van der Waals surface area contributed by atoms with E-state index in [1.54, 1.807) is 0 Å². The Morgan fingerprint density at radius 1 is 1.32 bits per heavy atom. The largest absolute Gasteiger partial charge is 0.379 e. The standard InChI is InChI=1S/C16H33NO2/c1-6-10-17-14-8-9-16(4,5)11-15(14)19-13(3)12-18-7-2/h13-15,17H,6-12H2,1-5H3. The molecule has 3 unspecified atom stereocenters. The monoisotopic (exact) mass is 271 g/mol. The lowest BCUT2D eigenvalue weighted by molar-refractivity contribution is -0.0883. The summed E-state index contributed by atoms with van der Waals surface area (Å²) in [6.45, 7) is 13.6. The molecule has 3 nitrogen and oxygen atoms in total. The highest BCUT2D eigenvalue weighted by atomic mass is 16.5. The Labute approximate surface area is 119 Å². The van der Waals surface area contributed by atoms with Crippen LogP contribution in [0.2, 0.25) is 0 Å². The van der Waals surface area contributed by atoms with E-state index in [2.05, 4.69) is 33.0 Å². The second kappa shape index (κ2) is 8.23. The third-order valence-corrected chi connectivity index (χ3v) is 3.95. The third kappa shape index (κ3) is 6.24. The molecular weight excluding hydrogens is 238 g/mol. The van der Waals surface area contributed by atoms with Gasteiger partial charge in [-0.3, -0.25) is 0 Å². The quantitative estimate of drug-likeness (QED) is 0.734. The molecule has 1 rings (SSSR count). The van der Waals surface area contributed by atoms with Crippen molar-refractivity contribution < 1.29 is 9.47 Å². The molecule has 0 heterocycles. The average molecular weight is 271 g/mol. The van der Waals surface area contributed by atoms with Crippen LogP contribution in [-0.4, -0.2) is 38.0 Å². The Morgan fingerprint density at radius 3 is 2.68 bits per heavy atom. The molecule has 0 spiro atoms. The summed E-state index contributed by atoms with van der Waals surface area (Å²) in [7, 11) is 0. The van der Waals surface area contributed by atoms with Gasteiger partial charge in [-0.1, -0.05) is 20.8 Å². The van der Waals surface area contributed by atoms with E-state index in [-0.39, 0.29) is 6.10 Å². The summed E-state index contributed by atoms with van der Waals surface area (Å²) in [5.74, 6) is 0. The van der Waals surface area contributed by atoms with Crippen molar-refractivity contribution in [2.75, 3.05) is 19.8 Å². The maximum absolute atomic E-state index is 6.25. The van der Waals surface area contributed by atoms with E-state index < -0.39 is 0 Å². The molecule has 0 aromatic carbocycles. The predicted octanol–water partition coefficient (Wildman–Crippen LogP) is 3.37. The van der Waals surface area contributed by atoms with Crippen molar-refractivity contribution in [2.45, 2.75) is 78.6 Å². The minimum atomic E-state index is 0.185. The summed E-state index contributed by atoms with van der Waals surface area (Å²) in [6.07, 6.45) is 5.34. The first kappa shape index (κ1) is 16.9. The summed E-state index contributed by atoms with van der Waals surface area (Å²) < 4.78 is 11.7. The van der Waals surface area contributed by atoms with Crippen LogP contribution in [0.4, 0.5) is 0 Å². The van der Waals surface area contributed by atoms with Crippen LogP contribution in [0.1, 0.15) is 60.3 Å². The molecule has 0 saturated heterocycles. The van der Waals surface area contributed by atoms with Gasteiger partial charge in [-0.25, -0.2) is 0 Å². The highest BCUT2D eigenvalue weighted by Crippen LogP contribution is 2.37. The minimum absolute atomic E-state index is 0.185. The van der Waals surface area contributed by atoms with Crippen LogP contribution in [0.3, 0.4) is 0 Å². The molecule has 0 radical (unpaired) electrons. The van der Waals surface area contributed by atoms with Gasteiger partial charge in [0.1, 0.15) is 0 Å². The lowest BCUT2D eigenvalue weighted by Gasteiger charge is -2.42. The lowest BCUT2D eigenvalue weighted by Crippen LogP contribution is -2.49. The molecule has 0 amide bonds. The first-order valence-corrected chi connectivity index (χ1v) is 7.95. The molecule has 3 heteroatoms. The van der Waals surface area contributed by atoms with Gasteiger partial charge in [0.2, 0.25) is 0 Å². The number of hydrogen-bond acceptors (Lipinski definition) is 3. The Morgan fingerprint density at radius 2 is 2.05 bits per heavy atom. The minimum Gasteiger partial charge on any atom is -0.379 e. The number of hydrogen-bond donors (Lipinski definition) is 1. The van der Waals surface area contributed by atoms with Gasteiger partial charge in [-0.05, 0) is 51.5 Å². The van der Waals surface area contributed by atoms with Gasteiger partial charge in [0.05, 0.1) is 18.8 Å². The second-order valence-electron chi connectivity index (χ2n) is 6.61. The Balaban J connectivity index is 2.50. The van der Waals surface area contributed by atoms with E-state index >= 15 is 0 Å². The fourth-order valence-corrected chi connectivity index (χ4v) is 2.85. The van der Waals surface area contributed by atoms with Gasteiger partial charge >= 0.3 is 0 Å². The average Bonchev–Trinajstić information content (AvgIpc) is 2.34. The molecule has 1 N–H and O–H groups in total. The molecule has 1 aliphatic carbocycles. The van der Waals surface area contributed by atoms with Gasteiger partial charge < -0.3 is 14.8 Å². The molecule has 114 valence electrons. The van der Waals surface area contributed by atoms with Crippen molar-refractivity contribution in [2.24, 2.45) is 5.41 Å². The van der Waals surface area contributed by atoms with E-state index in [1.165, 1.54) is 19.3 Å². The molecular formula is C16H33NO2.